The molecule has 2 aromatic heterocycles. The number of ether oxygens (including phenoxy) is 1. The molecule has 0 saturated heterocycles. The molecule has 3 aromatic rings. The lowest BCUT2D eigenvalue weighted by molar-refractivity contribution is 0.309. The van der Waals surface area contributed by atoms with Gasteiger partial charge in [-0.05, 0) is 49.8 Å². The number of hydrogen-bond acceptors (Lipinski definition) is 5. The number of H-pyrrole nitrogens is 1. The van der Waals surface area contributed by atoms with Crippen LogP contribution in [0.25, 0.3) is 5.78 Å². The van der Waals surface area contributed by atoms with Gasteiger partial charge in [0.1, 0.15) is 5.75 Å². The second-order valence-corrected chi connectivity index (χ2v) is 6.96. The fraction of sp³-hybridized carbons (Fsp3) is 0.450. The second kappa shape index (κ2) is 7.82. The van der Waals surface area contributed by atoms with Gasteiger partial charge >= 0.3 is 0 Å². The molecule has 0 atom stereocenters. The number of aryl methyl sites for hydroxylation is 1. The van der Waals surface area contributed by atoms with Crippen molar-refractivity contribution in [3.63, 3.8) is 0 Å². The Labute approximate surface area is 157 Å². The Morgan fingerprint density at radius 2 is 2.00 bits per heavy atom. The van der Waals surface area contributed by atoms with Crippen molar-refractivity contribution in [3.05, 3.63) is 51.4 Å². The summed E-state index contributed by atoms with van der Waals surface area (Å²) in [5.74, 6) is 1.87. The molecule has 0 radical (unpaired) electrons. The zero-order valence-corrected chi connectivity index (χ0v) is 15.6. The summed E-state index contributed by atoms with van der Waals surface area (Å²) in [5.41, 5.74) is 2.82. The van der Waals surface area contributed by atoms with E-state index in [1.807, 2.05) is 24.3 Å². The Hall–Kier alpha value is -2.83. The van der Waals surface area contributed by atoms with Crippen LogP contribution in [-0.4, -0.2) is 26.2 Å². The van der Waals surface area contributed by atoms with Gasteiger partial charge in [-0.2, -0.15) is 9.50 Å². The topological polar surface area (TPSA) is 84.3 Å². The van der Waals surface area contributed by atoms with Crippen molar-refractivity contribution in [2.45, 2.75) is 52.0 Å². The average Bonchev–Trinajstić information content (AvgIpc) is 3.11. The smallest absolute Gasteiger partial charge is 0.277 e. The van der Waals surface area contributed by atoms with Crippen LogP contribution >= 0.6 is 0 Å². The molecule has 7 heteroatoms. The minimum Gasteiger partial charge on any atom is -0.494 e. The van der Waals surface area contributed by atoms with Gasteiger partial charge < -0.3 is 10.1 Å². The molecular formula is C20H25N5O2. The van der Waals surface area contributed by atoms with Crippen LogP contribution in [-0.2, 0) is 19.4 Å². The van der Waals surface area contributed by atoms with E-state index in [-0.39, 0.29) is 5.56 Å². The van der Waals surface area contributed by atoms with Crippen LogP contribution in [0.1, 0.15) is 49.4 Å². The Bertz CT molecular complexity index is 974. The highest BCUT2D eigenvalue weighted by Crippen LogP contribution is 2.17. The standard InChI is InChI=1S/C20H25N5O2/c1-2-3-12-27-15-10-8-14(9-11-15)13-21-19-23-20-22-17-7-5-4-6-16(17)18(26)25(20)24-19/h8-11H,2-7,12-13H2,1H3,(H2,21,22,23,24). The third kappa shape index (κ3) is 3.82. The van der Waals surface area contributed by atoms with Gasteiger partial charge in [-0.3, -0.25) is 9.89 Å². The summed E-state index contributed by atoms with van der Waals surface area (Å²) in [6.45, 7) is 3.50. The van der Waals surface area contributed by atoms with Crippen LogP contribution in [0.2, 0.25) is 0 Å². The molecule has 0 aliphatic heterocycles. The number of anilines is 1. The predicted octanol–water partition coefficient (Wildman–Crippen LogP) is 3.09. The van der Waals surface area contributed by atoms with Gasteiger partial charge in [0.2, 0.25) is 5.95 Å². The lowest BCUT2D eigenvalue weighted by Crippen LogP contribution is -2.25. The summed E-state index contributed by atoms with van der Waals surface area (Å²) in [6, 6.07) is 8.01. The van der Waals surface area contributed by atoms with E-state index in [1.165, 1.54) is 4.52 Å². The van der Waals surface area contributed by atoms with Gasteiger partial charge in [0.25, 0.3) is 11.3 Å². The van der Waals surface area contributed by atoms with Crippen molar-refractivity contribution in [3.8, 4) is 5.75 Å². The number of benzene rings is 1. The van der Waals surface area contributed by atoms with E-state index in [1.54, 1.807) is 0 Å². The Kier molecular flexibility index (Phi) is 5.09. The van der Waals surface area contributed by atoms with Crippen molar-refractivity contribution < 1.29 is 4.74 Å². The van der Waals surface area contributed by atoms with E-state index in [0.717, 1.165) is 67.7 Å². The van der Waals surface area contributed by atoms with E-state index in [9.17, 15) is 4.79 Å². The molecule has 4 rings (SSSR count). The largest absolute Gasteiger partial charge is 0.494 e. The van der Waals surface area contributed by atoms with E-state index in [2.05, 4.69) is 27.3 Å². The highest BCUT2D eigenvalue weighted by atomic mass is 16.5. The van der Waals surface area contributed by atoms with Crippen molar-refractivity contribution in [2.24, 2.45) is 0 Å². The minimum absolute atomic E-state index is 0.0242. The fourth-order valence-corrected chi connectivity index (χ4v) is 3.35. The van der Waals surface area contributed by atoms with Gasteiger partial charge in [0, 0.05) is 12.1 Å². The molecule has 142 valence electrons. The van der Waals surface area contributed by atoms with Crippen molar-refractivity contribution >= 4 is 11.7 Å². The first-order chi connectivity index (χ1) is 13.2. The number of aromatic nitrogens is 4. The summed E-state index contributed by atoms with van der Waals surface area (Å²) in [6.07, 6.45) is 5.99. The number of hydrogen-bond donors (Lipinski definition) is 2. The van der Waals surface area contributed by atoms with E-state index in [0.29, 0.717) is 18.3 Å². The van der Waals surface area contributed by atoms with Gasteiger partial charge in [0.05, 0.1) is 12.3 Å². The molecule has 7 nitrogen and oxygen atoms in total. The number of nitrogens with zero attached hydrogens (tertiary/aromatic N) is 3. The number of unbranched alkanes of at least 4 members (excludes halogenated alkanes) is 1. The quantitative estimate of drug-likeness (QED) is 0.627. The number of rotatable bonds is 7. The molecule has 1 aliphatic carbocycles. The molecule has 2 N–H and O–H groups in total. The SMILES string of the molecule is CCCCOc1ccc(CNc2nc3nc4c(c(=O)n3[nH]2)CCCC4)cc1. The molecule has 0 bridgehead atoms. The Morgan fingerprint density at radius 1 is 1.19 bits per heavy atom. The summed E-state index contributed by atoms with van der Waals surface area (Å²) < 4.78 is 7.12. The molecule has 2 heterocycles. The molecule has 0 unspecified atom stereocenters. The molecule has 27 heavy (non-hydrogen) atoms. The van der Waals surface area contributed by atoms with E-state index < -0.39 is 0 Å². The molecule has 1 aliphatic rings. The Morgan fingerprint density at radius 3 is 2.81 bits per heavy atom. The minimum atomic E-state index is -0.0242. The lowest BCUT2D eigenvalue weighted by Gasteiger charge is -2.12. The maximum absolute atomic E-state index is 12.6. The third-order valence-electron chi connectivity index (χ3n) is 4.91. The van der Waals surface area contributed by atoms with Crippen molar-refractivity contribution in [2.75, 3.05) is 11.9 Å². The van der Waals surface area contributed by atoms with Gasteiger partial charge in [-0.1, -0.05) is 25.5 Å². The van der Waals surface area contributed by atoms with E-state index in [4.69, 9.17) is 4.74 Å². The van der Waals surface area contributed by atoms with Crippen molar-refractivity contribution in [1.82, 2.24) is 19.6 Å². The second-order valence-electron chi connectivity index (χ2n) is 6.96. The normalized spacial score (nSPS) is 13.5. The average molecular weight is 367 g/mol. The van der Waals surface area contributed by atoms with Gasteiger partial charge in [-0.15, -0.1) is 0 Å². The first kappa shape index (κ1) is 17.6. The molecule has 0 fully saturated rings. The third-order valence-corrected chi connectivity index (χ3v) is 4.91. The predicted molar refractivity (Wildman–Crippen MR) is 104 cm³/mol. The van der Waals surface area contributed by atoms with Gasteiger partial charge in [-0.25, -0.2) is 4.98 Å². The summed E-state index contributed by atoms with van der Waals surface area (Å²) in [5, 5.41) is 6.26. The molecular weight excluding hydrogens is 342 g/mol. The van der Waals surface area contributed by atoms with Crippen LogP contribution in [0.3, 0.4) is 0 Å². The van der Waals surface area contributed by atoms with Crippen LogP contribution in [0.4, 0.5) is 5.95 Å². The first-order valence-corrected chi connectivity index (χ1v) is 9.70. The zero-order valence-electron chi connectivity index (χ0n) is 15.6. The highest BCUT2D eigenvalue weighted by Gasteiger charge is 2.18. The van der Waals surface area contributed by atoms with Gasteiger partial charge in [0.15, 0.2) is 0 Å². The molecule has 1 aromatic carbocycles. The highest BCUT2D eigenvalue weighted by molar-refractivity contribution is 5.40. The number of nitrogens with one attached hydrogen (secondary N) is 2. The van der Waals surface area contributed by atoms with Crippen LogP contribution in [0.15, 0.2) is 29.1 Å². The summed E-state index contributed by atoms with van der Waals surface area (Å²) >= 11 is 0. The zero-order chi connectivity index (χ0) is 18.6. The molecule has 0 amide bonds. The van der Waals surface area contributed by atoms with Crippen LogP contribution < -0.4 is 15.6 Å². The van der Waals surface area contributed by atoms with Crippen LogP contribution in [0, 0.1) is 0 Å². The van der Waals surface area contributed by atoms with E-state index >= 15 is 0 Å². The summed E-state index contributed by atoms with van der Waals surface area (Å²) in [4.78, 5) is 21.6. The maximum Gasteiger partial charge on any atom is 0.277 e. The Balaban J connectivity index is 1.44. The number of fused-ring (bicyclic) bond motifs is 2. The van der Waals surface area contributed by atoms with Crippen LogP contribution in [0.5, 0.6) is 5.75 Å². The van der Waals surface area contributed by atoms with Crippen molar-refractivity contribution in [1.29, 1.82) is 0 Å². The lowest BCUT2D eigenvalue weighted by atomic mass is 9.97. The number of aromatic amines is 1. The maximum atomic E-state index is 12.6. The summed E-state index contributed by atoms with van der Waals surface area (Å²) in [7, 11) is 0. The molecule has 0 saturated carbocycles. The first-order valence-electron chi connectivity index (χ1n) is 9.70. The monoisotopic (exact) mass is 367 g/mol. The molecule has 0 spiro atoms. The fourth-order valence-electron chi connectivity index (χ4n) is 3.35.